The minimum absolute atomic E-state index is 0.197. The van der Waals surface area contributed by atoms with Gasteiger partial charge in [-0.25, -0.2) is 13.4 Å². The van der Waals surface area contributed by atoms with Crippen molar-refractivity contribution in [1.29, 1.82) is 0 Å². The number of sulfonamides is 1. The van der Waals surface area contributed by atoms with Crippen LogP contribution in [-0.4, -0.2) is 13.4 Å². The van der Waals surface area contributed by atoms with E-state index in [1.54, 1.807) is 18.2 Å². The van der Waals surface area contributed by atoms with E-state index in [1.807, 2.05) is 6.92 Å². The first-order chi connectivity index (χ1) is 8.88. The Balaban J connectivity index is 2.32. The summed E-state index contributed by atoms with van der Waals surface area (Å²) in [5.41, 5.74) is 1.21. The quantitative estimate of drug-likeness (QED) is 0.850. The summed E-state index contributed by atoms with van der Waals surface area (Å²) in [6.07, 6.45) is 1.37. The van der Waals surface area contributed by atoms with E-state index in [2.05, 4.69) is 25.6 Å². The molecule has 0 bridgehead atoms. The first-order valence-electron chi connectivity index (χ1n) is 5.29. The van der Waals surface area contributed by atoms with Crippen LogP contribution in [-0.2, 0) is 10.0 Å². The van der Waals surface area contributed by atoms with Gasteiger partial charge in [0.05, 0.1) is 16.8 Å². The van der Waals surface area contributed by atoms with E-state index >= 15 is 0 Å². The number of aromatic nitrogens is 1. The third-order valence-corrected chi connectivity index (χ3v) is 4.91. The summed E-state index contributed by atoms with van der Waals surface area (Å²) in [7, 11) is -3.62. The molecule has 0 aliphatic carbocycles. The van der Waals surface area contributed by atoms with Crippen molar-refractivity contribution in [2.45, 2.75) is 11.8 Å². The van der Waals surface area contributed by atoms with Gasteiger partial charge in [-0.05, 0) is 42.8 Å². The molecule has 0 saturated heterocycles. The second-order valence-corrected chi connectivity index (χ2v) is 6.81. The van der Waals surface area contributed by atoms with Gasteiger partial charge in [0.15, 0.2) is 0 Å². The van der Waals surface area contributed by atoms with E-state index in [1.165, 1.54) is 18.3 Å². The fraction of sp³-hybridized carbons (Fsp3) is 0.0833. The predicted molar refractivity (Wildman–Crippen MR) is 78.9 cm³/mol. The number of hydrogen-bond donors (Lipinski definition) is 1. The normalized spacial score (nSPS) is 11.3. The molecule has 19 heavy (non-hydrogen) atoms. The van der Waals surface area contributed by atoms with Crippen LogP contribution < -0.4 is 4.72 Å². The van der Waals surface area contributed by atoms with Crippen molar-refractivity contribution in [1.82, 2.24) is 4.98 Å². The minimum Gasteiger partial charge on any atom is -0.278 e. The lowest BCUT2D eigenvalue weighted by molar-refractivity contribution is 0.601. The maximum atomic E-state index is 12.2. The fourth-order valence-electron chi connectivity index (χ4n) is 1.43. The van der Waals surface area contributed by atoms with Crippen LogP contribution >= 0.6 is 27.5 Å². The highest BCUT2D eigenvalue weighted by molar-refractivity contribution is 9.10. The van der Waals surface area contributed by atoms with Crippen molar-refractivity contribution in [3.8, 4) is 0 Å². The van der Waals surface area contributed by atoms with Gasteiger partial charge in [0.1, 0.15) is 5.15 Å². The van der Waals surface area contributed by atoms with Gasteiger partial charge in [-0.3, -0.25) is 4.72 Å². The molecule has 1 N–H and O–H groups in total. The largest absolute Gasteiger partial charge is 0.278 e. The third kappa shape index (κ3) is 3.46. The Morgan fingerprint density at radius 1 is 1.26 bits per heavy atom. The molecule has 0 atom stereocenters. The summed E-state index contributed by atoms with van der Waals surface area (Å²) in [6, 6.07) is 7.90. The van der Waals surface area contributed by atoms with Gasteiger partial charge in [0.2, 0.25) is 0 Å². The van der Waals surface area contributed by atoms with Gasteiger partial charge in [0.25, 0.3) is 10.0 Å². The summed E-state index contributed by atoms with van der Waals surface area (Å²) in [4.78, 5) is 4.02. The molecule has 1 heterocycles. The first-order valence-corrected chi connectivity index (χ1v) is 7.94. The number of anilines is 1. The standard InChI is InChI=1S/C12H10BrClN2O2S/c1-8-6-10(3-4-11(8)13)19(17,18)16-9-2-5-12(14)15-7-9/h2-7,16H,1H3. The van der Waals surface area contributed by atoms with Crippen molar-refractivity contribution < 1.29 is 8.42 Å². The van der Waals surface area contributed by atoms with Crippen molar-refractivity contribution in [3.63, 3.8) is 0 Å². The maximum absolute atomic E-state index is 12.2. The van der Waals surface area contributed by atoms with E-state index in [-0.39, 0.29) is 4.90 Å². The molecular formula is C12H10BrClN2O2S. The Kier molecular flexibility index (Phi) is 4.13. The number of nitrogens with zero attached hydrogens (tertiary/aromatic N) is 1. The Morgan fingerprint density at radius 3 is 2.58 bits per heavy atom. The van der Waals surface area contributed by atoms with E-state index in [0.717, 1.165) is 10.0 Å². The average molecular weight is 362 g/mol. The summed E-state index contributed by atoms with van der Waals surface area (Å²) < 4.78 is 27.6. The zero-order valence-corrected chi connectivity index (χ0v) is 13.1. The number of benzene rings is 1. The fourth-order valence-corrected chi connectivity index (χ4v) is 2.92. The van der Waals surface area contributed by atoms with Crippen LogP contribution in [0.1, 0.15) is 5.56 Å². The van der Waals surface area contributed by atoms with Crippen molar-refractivity contribution in [2.24, 2.45) is 0 Å². The van der Waals surface area contributed by atoms with Gasteiger partial charge in [-0.15, -0.1) is 0 Å². The first kappa shape index (κ1) is 14.3. The van der Waals surface area contributed by atoms with Crippen LogP contribution in [0.4, 0.5) is 5.69 Å². The zero-order valence-electron chi connectivity index (χ0n) is 9.89. The molecule has 100 valence electrons. The minimum atomic E-state index is -3.62. The van der Waals surface area contributed by atoms with Gasteiger partial charge < -0.3 is 0 Å². The van der Waals surface area contributed by atoms with Gasteiger partial charge in [0, 0.05) is 4.47 Å². The second-order valence-electron chi connectivity index (χ2n) is 3.89. The molecule has 1 aromatic carbocycles. The lowest BCUT2D eigenvalue weighted by atomic mass is 10.2. The topological polar surface area (TPSA) is 59.1 Å². The number of aryl methyl sites for hydroxylation is 1. The molecule has 0 amide bonds. The lowest BCUT2D eigenvalue weighted by Gasteiger charge is -2.09. The van der Waals surface area contributed by atoms with Crippen LogP contribution in [0.15, 0.2) is 45.9 Å². The van der Waals surface area contributed by atoms with Crippen LogP contribution in [0.5, 0.6) is 0 Å². The van der Waals surface area contributed by atoms with Crippen LogP contribution in [0.25, 0.3) is 0 Å². The van der Waals surface area contributed by atoms with E-state index in [4.69, 9.17) is 11.6 Å². The molecule has 2 aromatic rings. The zero-order chi connectivity index (χ0) is 14.0. The molecule has 0 aliphatic rings. The van der Waals surface area contributed by atoms with Crippen molar-refractivity contribution in [2.75, 3.05) is 4.72 Å². The van der Waals surface area contributed by atoms with Gasteiger partial charge in [-0.2, -0.15) is 0 Å². The smallest absolute Gasteiger partial charge is 0.261 e. The molecule has 0 unspecified atom stereocenters. The average Bonchev–Trinajstić information content (AvgIpc) is 2.35. The molecule has 2 rings (SSSR count). The highest BCUT2D eigenvalue weighted by atomic mass is 79.9. The number of nitrogens with one attached hydrogen (secondary N) is 1. The second kappa shape index (κ2) is 5.48. The van der Waals surface area contributed by atoms with Gasteiger partial charge in [-0.1, -0.05) is 27.5 Å². The summed E-state index contributed by atoms with van der Waals surface area (Å²) >= 11 is 8.98. The lowest BCUT2D eigenvalue weighted by Crippen LogP contribution is -2.13. The molecule has 0 fully saturated rings. The Morgan fingerprint density at radius 2 is 2.00 bits per heavy atom. The Hall–Kier alpha value is -1.11. The Bertz CT molecular complexity index is 702. The monoisotopic (exact) mass is 360 g/mol. The Labute approximate surface area is 125 Å². The summed E-state index contributed by atoms with van der Waals surface area (Å²) in [5, 5.41) is 0.308. The van der Waals surface area contributed by atoms with E-state index in [0.29, 0.717) is 10.8 Å². The third-order valence-electron chi connectivity index (χ3n) is 2.42. The highest BCUT2D eigenvalue weighted by Gasteiger charge is 2.15. The van der Waals surface area contributed by atoms with Crippen LogP contribution in [0, 0.1) is 6.92 Å². The summed E-state index contributed by atoms with van der Waals surface area (Å²) in [5.74, 6) is 0. The molecule has 4 nitrogen and oxygen atoms in total. The highest BCUT2D eigenvalue weighted by Crippen LogP contribution is 2.22. The molecule has 0 aliphatic heterocycles. The van der Waals surface area contributed by atoms with Crippen LogP contribution in [0.3, 0.4) is 0 Å². The van der Waals surface area contributed by atoms with E-state index in [9.17, 15) is 8.42 Å². The molecule has 0 spiro atoms. The number of hydrogen-bond acceptors (Lipinski definition) is 3. The number of pyridine rings is 1. The number of halogens is 2. The molecule has 0 saturated carbocycles. The number of rotatable bonds is 3. The maximum Gasteiger partial charge on any atom is 0.261 e. The van der Waals surface area contributed by atoms with Gasteiger partial charge >= 0.3 is 0 Å². The summed E-state index contributed by atoms with van der Waals surface area (Å²) in [6.45, 7) is 1.83. The molecule has 1 aromatic heterocycles. The molecule has 0 radical (unpaired) electrons. The predicted octanol–water partition coefficient (Wildman–Crippen LogP) is 3.61. The van der Waals surface area contributed by atoms with Crippen LogP contribution in [0.2, 0.25) is 5.15 Å². The van der Waals surface area contributed by atoms with Crippen molar-refractivity contribution >= 4 is 43.2 Å². The molecular weight excluding hydrogens is 352 g/mol. The SMILES string of the molecule is Cc1cc(S(=O)(=O)Nc2ccc(Cl)nc2)ccc1Br. The molecule has 7 heteroatoms. The van der Waals surface area contributed by atoms with E-state index < -0.39 is 10.0 Å². The van der Waals surface area contributed by atoms with Crippen molar-refractivity contribution in [3.05, 3.63) is 51.7 Å².